The Morgan fingerprint density at radius 2 is 1.58 bits per heavy atom. The molecular weight excluding hydrogens is 338 g/mol. The fourth-order valence-corrected chi connectivity index (χ4v) is 3.72. The van der Waals surface area contributed by atoms with Crippen molar-refractivity contribution in [2.75, 3.05) is 23.7 Å². The van der Waals surface area contributed by atoms with E-state index < -0.39 is 0 Å². The highest BCUT2D eigenvalue weighted by Gasteiger charge is 2.17. The third kappa shape index (κ3) is 5.70. The highest BCUT2D eigenvalue weighted by Crippen LogP contribution is 2.41. The second-order valence-electron chi connectivity index (χ2n) is 6.60. The SMILES string of the molecule is CCCCN(CCCC)c1cccc(SCC)c1Oc1ccccc1C. The molecule has 0 aliphatic rings. The van der Waals surface area contributed by atoms with Gasteiger partial charge in [-0.1, -0.05) is 57.9 Å². The monoisotopic (exact) mass is 371 g/mol. The van der Waals surface area contributed by atoms with Crippen LogP contribution in [0.5, 0.6) is 11.5 Å². The average molecular weight is 372 g/mol. The lowest BCUT2D eigenvalue weighted by Crippen LogP contribution is -2.26. The van der Waals surface area contributed by atoms with Crippen LogP contribution in [0.3, 0.4) is 0 Å². The molecule has 0 atom stereocenters. The zero-order chi connectivity index (χ0) is 18.8. The number of thioether (sulfide) groups is 1. The Labute approximate surface area is 163 Å². The van der Waals surface area contributed by atoms with Crippen LogP contribution in [0.4, 0.5) is 5.69 Å². The van der Waals surface area contributed by atoms with Gasteiger partial charge >= 0.3 is 0 Å². The average Bonchev–Trinajstić information content (AvgIpc) is 2.65. The molecule has 0 N–H and O–H groups in total. The molecule has 2 aromatic carbocycles. The number of ether oxygens (including phenoxy) is 1. The number of rotatable bonds is 11. The standard InChI is InChI=1S/C23H33NOS/c1-5-8-17-24(18-9-6-2)20-14-12-16-22(26-7-3)23(20)25-21-15-11-10-13-19(21)4/h10-16H,5-9,17-18H2,1-4H3. The first-order valence-electron chi connectivity index (χ1n) is 9.95. The van der Waals surface area contributed by atoms with Crippen molar-refractivity contribution in [3.05, 3.63) is 48.0 Å². The largest absolute Gasteiger partial charge is 0.454 e. The number of aryl methyl sites for hydroxylation is 1. The van der Waals surface area contributed by atoms with Crippen molar-refractivity contribution in [3.8, 4) is 11.5 Å². The molecule has 0 unspecified atom stereocenters. The Hall–Kier alpha value is -1.61. The molecule has 0 amide bonds. The second kappa shape index (κ2) is 11.2. The van der Waals surface area contributed by atoms with E-state index in [1.807, 2.05) is 17.8 Å². The molecule has 2 nitrogen and oxygen atoms in total. The van der Waals surface area contributed by atoms with Crippen LogP contribution in [0.2, 0.25) is 0 Å². The van der Waals surface area contributed by atoms with Crippen LogP contribution in [0, 0.1) is 6.92 Å². The van der Waals surface area contributed by atoms with Gasteiger partial charge in [-0.2, -0.15) is 0 Å². The predicted molar refractivity (Wildman–Crippen MR) is 116 cm³/mol. The van der Waals surface area contributed by atoms with Gasteiger partial charge in [0.05, 0.1) is 10.6 Å². The lowest BCUT2D eigenvalue weighted by molar-refractivity contribution is 0.465. The number of hydrogen-bond donors (Lipinski definition) is 0. The highest BCUT2D eigenvalue weighted by molar-refractivity contribution is 7.99. The van der Waals surface area contributed by atoms with E-state index in [-0.39, 0.29) is 0 Å². The van der Waals surface area contributed by atoms with Crippen molar-refractivity contribution < 1.29 is 4.74 Å². The van der Waals surface area contributed by atoms with E-state index in [4.69, 9.17) is 4.74 Å². The predicted octanol–water partition coefficient (Wildman–Crippen LogP) is 7.31. The maximum atomic E-state index is 6.50. The molecule has 0 aliphatic carbocycles. The van der Waals surface area contributed by atoms with Crippen molar-refractivity contribution in [3.63, 3.8) is 0 Å². The van der Waals surface area contributed by atoms with Gasteiger partial charge in [0.15, 0.2) is 5.75 Å². The Kier molecular flexibility index (Phi) is 8.90. The molecular formula is C23H33NOS. The zero-order valence-corrected chi connectivity index (χ0v) is 17.6. The first-order valence-corrected chi connectivity index (χ1v) is 10.9. The van der Waals surface area contributed by atoms with Gasteiger partial charge in [0, 0.05) is 13.1 Å². The van der Waals surface area contributed by atoms with E-state index >= 15 is 0 Å². The van der Waals surface area contributed by atoms with Crippen molar-refractivity contribution in [2.45, 2.75) is 58.3 Å². The minimum absolute atomic E-state index is 0.948. The van der Waals surface area contributed by atoms with Crippen LogP contribution < -0.4 is 9.64 Å². The lowest BCUT2D eigenvalue weighted by Gasteiger charge is -2.28. The van der Waals surface area contributed by atoms with Crippen molar-refractivity contribution in [1.29, 1.82) is 0 Å². The van der Waals surface area contributed by atoms with Crippen LogP contribution in [0.1, 0.15) is 52.0 Å². The third-order valence-corrected chi connectivity index (χ3v) is 5.39. The number of anilines is 1. The molecule has 0 heterocycles. The summed E-state index contributed by atoms with van der Waals surface area (Å²) in [4.78, 5) is 3.74. The van der Waals surface area contributed by atoms with Gasteiger partial charge in [-0.3, -0.25) is 0 Å². The van der Waals surface area contributed by atoms with E-state index in [2.05, 4.69) is 69.0 Å². The van der Waals surface area contributed by atoms with E-state index in [1.54, 1.807) is 0 Å². The zero-order valence-electron chi connectivity index (χ0n) is 16.8. The van der Waals surface area contributed by atoms with Crippen LogP contribution in [-0.2, 0) is 0 Å². The maximum absolute atomic E-state index is 6.50. The topological polar surface area (TPSA) is 12.5 Å². The molecule has 3 heteroatoms. The van der Waals surface area contributed by atoms with Crippen LogP contribution in [0.25, 0.3) is 0 Å². The Balaban J connectivity index is 2.42. The third-order valence-electron chi connectivity index (χ3n) is 4.47. The fraction of sp³-hybridized carbons (Fsp3) is 0.478. The van der Waals surface area contributed by atoms with Gasteiger partial charge in [-0.05, 0) is 49.3 Å². The number of unbranched alkanes of at least 4 members (excludes halogenated alkanes) is 2. The summed E-state index contributed by atoms with van der Waals surface area (Å²) in [7, 11) is 0. The molecule has 2 rings (SSSR count). The highest BCUT2D eigenvalue weighted by atomic mass is 32.2. The summed E-state index contributed by atoms with van der Waals surface area (Å²) in [5.74, 6) is 3.00. The minimum atomic E-state index is 0.948. The summed E-state index contributed by atoms with van der Waals surface area (Å²) in [6.07, 6.45) is 4.83. The summed E-state index contributed by atoms with van der Waals surface area (Å²) in [6, 6.07) is 14.9. The van der Waals surface area contributed by atoms with Gasteiger partial charge in [-0.25, -0.2) is 0 Å². The van der Waals surface area contributed by atoms with Gasteiger partial charge in [-0.15, -0.1) is 11.8 Å². The lowest BCUT2D eigenvalue weighted by atomic mass is 10.2. The summed E-state index contributed by atoms with van der Waals surface area (Å²) in [5.41, 5.74) is 2.40. The quantitative estimate of drug-likeness (QED) is 0.384. The number of benzene rings is 2. The Bertz CT molecular complexity index is 663. The van der Waals surface area contributed by atoms with Crippen LogP contribution in [0.15, 0.2) is 47.4 Å². The molecule has 2 aromatic rings. The maximum Gasteiger partial charge on any atom is 0.164 e. The number of hydrogen-bond acceptors (Lipinski definition) is 3. The van der Waals surface area contributed by atoms with Crippen molar-refractivity contribution in [1.82, 2.24) is 0 Å². The Morgan fingerprint density at radius 3 is 2.19 bits per heavy atom. The van der Waals surface area contributed by atoms with Crippen LogP contribution in [-0.4, -0.2) is 18.8 Å². The van der Waals surface area contributed by atoms with E-state index in [0.717, 1.165) is 30.3 Å². The molecule has 142 valence electrons. The first kappa shape index (κ1) is 20.7. The Morgan fingerprint density at radius 1 is 0.885 bits per heavy atom. The van der Waals surface area contributed by atoms with E-state index in [1.165, 1.54) is 41.8 Å². The van der Waals surface area contributed by atoms with Crippen molar-refractivity contribution in [2.24, 2.45) is 0 Å². The molecule has 0 bridgehead atoms. The summed E-state index contributed by atoms with van der Waals surface area (Å²) < 4.78 is 6.50. The van der Waals surface area contributed by atoms with E-state index in [0.29, 0.717) is 0 Å². The second-order valence-corrected chi connectivity index (χ2v) is 7.90. The van der Waals surface area contributed by atoms with Crippen molar-refractivity contribution >= 4 is 17.4 Å². The fourth-order valence-electron chi connectivity index (χ4n) is 2.96. The molecule has 0 aromatic heterocycles. The van der Waals surface area contributed by atoms with Gasteiger partial charge in [0.2, 0.25) is 0 Å². The molecule has 0 radical (unpaired) electrons. The van der Waals surface area contributed by atoms with Gasteiger partial charge < -0.3 is 9.64 Å². The number of nitrogens with zero attached hydrogens (tertiary/aromatic N) is 1. The molecule has 26 heavy (non-hydrogen) atoms. The van der Waals surface area contributed by atoms with Gasteiger partial charge in [0.25, 0.3) is 0 Å². The van der Waals surface area contributed by atoms with Gasteiger partial charge in [0.1, 0.15) is 5.75 Å². The molecule has 0 aliphatic heterocycles. The summed E-state index contributed by atoms with van der Waals surface area (Å²) in [5, 5.41) is 0. The normalized spacial score (nSPS) is 10.8. The number of para-hydroxylation sites is 2. The molecule has 0 fully saturated rings. The first-order chi connectivity index (χ1) is 12.7. The molecule has 0 saturated carbocycles. The molecule has 0 spiro atoms. The van der Waals surface area contributed by atoms with Crippen LogP contribution >= 0.6 is 11.8 Å². The summed E-state index contributed by atoms with van der Waals surface area (Å²) in [6.45, 7) is 11.0. The summed E-state index contributed by atoms with van der Waals surface area (Å²) >= 11 is 1.85. The smallest absolute Gasteiger partial charge is 0.164 e. The minimum Gasteiger partial charge on any atom is -0.454 e. The van der Waals surface area contributed by atoms with E-state index in [9.17, 15) is 0 Å². The molecule has 0 saturated heterocycles.